The summed E-state index contributed by atoms with van der Waals surface area (Å²) in [7, 11) is 3.11. The molecule has 0 saturated heterocycles. The third-order valence-corrected chi connectivity index (χ3v) is 6.06. The monoisotopic (exact) mass is 481 g/mol. The van der Waals surface area contributed by atoms with Gasteiger partial charge in [-0.25, -0.2) is 13.6 Å². The second kappa shape index (κ2) is 9.48. The van der Waals surface area contributed by atoms with Gasteiger partial charge in [0.2, 0.25) is 0 Å². The van der Waals surface area contributed by atoms with E-state index in [2.05, 4.69) is 0 Å². The molecule has 0 aliphatic heterocycles. The van der Waals surface area contributed by atoms with Crippen LogP contribution in [0.25, 0.3) is 27.7 Å². The zero-order chi connectivity index (χ0) is 25.3. The number of aromatic nitrogens is 1. The molecule has 0 aliphatic rings. The number of aromatic carboxylic acids is 1. The van der Waals surface area contributed by atoms with E-state index in [0.717, 1.165) is 0 Å². The first-order valence-electron chi connectivity index (χ1n) is 10.9. The zero-order valence-electron chi connectivity index (χ0n) is 19.5. The predicted octanol–water partition coefficient (Wildman–Crippen LogP) is 5.53. The lowest BCUT2D eigenvalue weighted by Crippen LogP contribution is -2.35. The first kappa shape index (κ1) is 24.4. The van der Waals surface area contributed by atoms with E-state index in [4.69, 9.17) is 9.47 Å². The molecule has 1 heterocycles. The molecular weight excluding hydrogens is 456 g/mol. The highest BCUT2D eigenvalue weighted by Crippen LogP contribution is 2.47. The van der Waals surface area contributed by atoms with Crippen LogP contribution in [0.3, 0.4) is 0 Å². The maximum atomic E-state index is 14.7. The summed E-state index contributed by atoms with van der Waals surface area (Å²) >= 11 is 0. The number of hydrogen-bond acceptors (Lipinski definition) is 4. The van der Waals surface area contributed by atoms with E-state index >= 15 is 0 Å². The fraction of sp³-hybridized carbons (Fsp3) is 0.222. The number of hydrogen-bond donors (Lipinski definition) is 2. The van der Waals surface area contributed by atoms with E-state index in [0.29, 0.717) is 28.0 Å². The highest BCUT2D eigenvalue weighted by atomic mass is 19.1. The van der Waals surface area contributed by atoms with Crippen LogP contribution >= 0.6 is 0 Å². The van der Waals surface area contributed by atoms with Crippen LogP contribution in [-0.4, -0.2) is 48.2 Å². The normalized spacial score (nSPS) is 11.8. The molecule has 182 valence electrons. The van der Waals surface area contributed by atoms with Crippen LogP contribution in [0, 0.1) is 11.6 Å². The van der Waals surface area contributed by atoms with Crippen molar-refractivity contribution in [2.24, 2.45) is 0 Å². The molecule has 0 atom stereocenters. The van der Waals surface area contributed by atoms with Gasteiger partial charge >= 0.3 is 5.97 Å². The van der Waals surface area contributed by atoms with Gasteiger partial charge in [0, 0.05) is 31.2 Å². The van der Waals surface area contributed by atoms with E-state index in [1.54, 1.807) is 44.6 Å². The summed E-state index contributed by atoms with van der Waals surface area (Å²) in [5, 5.41) is 20.5. The first-order valence-corrected chi connectivity index (χ1v) is 10.9. The van der Waals surface area contributed by atoms with Gasteiger partial charge in [-0.05, 0) is 61.0 Å². The number of halogens is 2. The van der Waals surface area contributed by atoms with Crippen molar-refractivity contribution in [2.75, 3.05) is 27.4 Å². The Morgan fingerprint density at radius 3 is 2.09 bits per heavy atom. The lowest BCUT2D eigenvalue weighted by Gasteiger charge is -2.31. The highest BCUT2D eigenvalue weighted by Gasteiger charge is 2.37. The summed E-state index contributed by atoms with van der Waals surface area (Å²) in [6.07, 6.45) is 0. The topological polar surface area (TPSA) is 80.9 Å². The Labute approximate surface area is 201 Å². The number of rotatable bonds is 8. The third kappa shape index (κ3) is 4.26. The SMILES string of the molecule is COCC(C)(COC)c1c(-c2ccc(C(=O)O)cc2)c2c(O)c(F)ccc2n1-c1ccc(F)cc1. The first-order chi connectivity index (χ1) is 16.7. The van der Waals surface area contributed by atoms with Crippen molar-refractivity contribution in [1.82, 2.24) is 4.57 Å². The number of carboxylic acid groups (broad SMARTS) is 1. The number of aromatic hydroxyl groups is 1. The molecule has 35 heavy (non-hydrogen) atoms. The summed E-state index contributed by atoms with van der Waals surface area (Å²) < 4.78 is 41.4. The van der Waals surface area contributed by atoms with Crippen LogP contribution in [0.5, 0.6) is 5.75 Å². The average Bonchev–Trinajstić information content (AvgIpc) is 3.19. The van der Waals surface area contributed by atoms with E-state index in [1.165, 1.54) is 30.3 Å². The minimum Gasteiger partial charge on any atom is -0.504 e. The number of carboxylic acids is 1. The number of methoxy groups -OCH3 is 2. The Morgan fingerprint density at radius 1 is 0.943 bits per heavy atom. The van der Waals surface area contributed by atoms with Gasteiger partial charge in [-0.3, -0.25) is 0 Å². The number of nitrogens with zero attached hydrogens (tertiary/aromatic N) is 1. The molecule has 0 spiro atoms. The number of phenolic OH excluding ortho intramolecular Hbond substituents is 1. The van der Waals surface area contributed by atoms with Gasteiger partial charge in [-0.2, -0.15) is 0 Å². The molecule has 3 aromatic carbocycles. The maximum absolute atomic E-state index is 14.7. The molecule has 0 radical (unpaired) electrons. The van der Waals surface area contributed by atoms with Crippen LogP contribution < -0.4 is 0 Å². The fourth-order valence-electron chi connectivity index (χ4n) is 4.64. The molecule has 6 nitrogen and oxygen atoms in total. The van der Waals surface area contributed by atoms with Crippen molar-refractivity contribution in [3.63, 3.8) is 0 Å². The molecule has 0 saturated carbocycles. The quantitative estimate of drug-likeness (QED) is 0.346. The minimum atomic E-state index is -1.08. The standard InChI is InChI=1S/C27H25F2NO5/c1-27(14-34-2,15-35-3)25-22(16-4-6-17(7-5-16)26(32)33)23-21(13-12-20(29)24(23)31)30(25)19-10-8-18(28)9-11-19/h4-13,31H,14-15H2,1-3H3,(H,32,33). The molecule has 2 N–H and O–H groups in total. The number of benzene rings is 3. The van der Waals surface area contributed by atoms with Crippen molar-refractivity contribution in [1.29, 1.82) is 0 Å². The van der Waals surface area contributed by atoms with Crippen molar-refractivity contribution in [2.45, 2.75) is 12.3 Å². The van der Waals surface area contributed by atoms with Crippen LogP contribution in [0.1, 0.15) is 23.0 Å². The predicted molar refractivity (Wildman–Crippen MR) is 128 cm³/mol. The molecule has 0 unspecified atom stereocenters. The van der Waals surface area contributed by atoms with Crippen LogP contribution in [0.15, 0.2) is 60.7 Å². The molecule has 4 aromatic rings. The van der Waals surface area contributed by atoms with Crippen LogP contribution in [-0.2, 0) is 14.9 Å². The number of fused-ring (bicyclic) bond motifs is 1. The summed E-state index contributed by atoms with van der Waals surface area (Å²) in [6, 6.07) is 14.7. The molecule has 1 aromatic heterocycles. The van der Waals surface area contributed by atoms with Crippen molar-refractivity contribution in [3.05, 3.63) is 83.6 Å². The Hall–Kier alpha value is -3.75. The molecule has 0 aliphatic carbocycles. The van der Waals surface area contributed by atoms with Crippen molar-refractivity contribution in [3.8, 4) is 22.6 Å². The summed E-state index contributed by atoms with van der Waals surface area (Å²) in [5.74, 6) is -2.84. The molecule has 0 fully saturated rings. The van der Waals surface area contributed by atoms with E-state index < -0.39 is 28.8 Å². The molecule has 8 heteroatoms. The van der Waals surface area contributed by atoms with Crippen molar-refractivity contribution < 1.29 is 33.3 Å². The Bertz CT molecular complexity index is 1370. The minimum absolute atomic E-state index is 0.0875. The smallest absolute Gasteiger partial charge is 0.335 e. The van der Waals surface area contributed by atoms with E-state index in [-0.39, 0.29) is 24.2 Å². The Balaban J connectivity index is 2.20. The zero-order valence-corrected chi connectivity index (χ0v) is 19.5. The van der Waals surface area contributed by atoms with Crippen LogP contribution in [0.2, 0.25) is 0 Å². The van der Waals surface area contributed by atoms with E-state index in [1.807, 2.05) is 11.5 Å². The average molecular weight is 481 g/mol. The Kier molecular flexibility index (Phi) is 6.60. The van der Waals surface area contributed by atoms with Gasteiger partial charge < -0.3 is 24.3 Å². The number of phenols is 1. The summed E-state index contributed by atoms with van der Waals surface area (Å²) in [6.45, 7) is 2.33. The highest BCUT2D eigenvalue weighted by molar-refractivity contribution is 6.04. The molecule has 0 amide bonds. The molecular formula is C27H25F2NO5. The fourth-order valence-corrected chi connectivity index (χ4v) is 4.64. The summed E-state index contributed by atoms with van der Waals surface area (Å²) in [4.78, 5) is 11.4. The van der Waals surface area contributed by atoms with Gasteiger partial charge in [0.1, 0.15) is 5.82 Å². The number of carbonyl (C=O) groups is 1. The lowest BCUT2D eigenvalue weighted by molar-refractivity contribution is 0.0663. The van der Waals surface area contributed by atoms with Gasteiger partial charge in [0.25, 0.3) is 0 Å². The third-order valence-electron chi connectivity index (χ3n) is 6.06. The summed E-state index contributed by atoms with van der Waals surface area (Å²) in [5.41, 5.74) is 2.05. The largest absolute Gasteiger partial charge is 0.504 e. The van der Waals surface area contributed by atoms with Gasteiger partial charge in [0.05, 0.1) is 35.1 Å². The van der Waals surface area contributed by atoms with Crippen molar-refractivity contribution >= 4 is 16.9 Å². The Morgan fingerprint density at radius 2 is 1.54 bits per heavy atom. The number of ether oxygens (including phenoxy) is 2. The second-order valence-corrected chi connectivity index (χ2v) is 8.63. The van der Waals surface area contributed by atoms with E-state index in [9.17, 15) is 23.8 Å². The lowest BCUT2D eigenvalue weighted by atomic mass is 9.83. The molecule has 0 bridgehead atoms. The van der Waals surface area contributed by atoms with Crippen LogP contribution in [0.4, 0.5) is 8.78 Å². The van der Waals surface area contributed by atoms with Gasteiger partial charge in [-0.15, -0.1) is 0 Å². The van der Waals surface area contributed by atoms with Gasteiger partial charge in [-0.1, -0.05) is 12.1 Å². The second-order valence-electron chi connectivity index (χ2n) is 8.63. The molecule has 4 rings (SSSR count). The van der Waals surface area contributed by atoms with Gasteiger partial charge in [0.15, 0.2) is 11.6 Å². The maximum Gasteiger partial charge on any atom is 0.335 e.